The largest absolute Gasteiger partial charge is 0.416 e. The van der Waals surface area contributed by atoms with Crippen LogP contribution < -0.4 is 5.32 Å². The van der Waals surface area contributed by atoms with Crippen LogP contribution in [0.25, 0.3) is 11.1 Å². The highest BCUT2D eigenvalue weighted by atomic mass is 19.4. The van der Waals surface area contributed by atoms with Crippen LogP contribution in [0.15, 0.2) is 73.6 Å². The van der Waals surface area contributed by atoms with Gasteiger partial charge in [-0.2, -0.15) is 13.2 Å². The average molecular weight is 571 g/mol. The molecule has 5 rings (SSSR count). The zero-order chi connectivity index (χ0) is 29.7. The first kappa shape index (κ1) is 28.9. The highest BCUT2D eigenvalue weighted by molar-refractivity contribution is 6.04. The standard InChI is InChI=1S/C32H29F3N6O/c1-22-3-5-25(14-24(22)6-4-23-13-27(17-36-16-23)28-18-37-21-38-19-28)31(42)39-29-8-7-26(30(15-29)32(33,34)35)20-41-11-9-40(2)10-12-41/h3,5,7-8,13-19,21H,9-12,20H2,1-2H3,(H,39,42). The van der Waals surface area contributed by atoms with E-state index in [0.29, 0.717) is 24.2 Å². The molecule has 1 amide bonds. The number of nitrogens with zero attached hydrogens (tertiary/aromatic N) is 5. The summed E-state index contributed by atoms with van der Waals surface area (Å²) in [5, 5.41) is 2.62. The van der Waals surface area contributed by atoms with Gasteiger partial charge in [-0.05, 0) is 55.4 Å². The maximum absolute atomic E-state index is 14.0. The first-order chi connectivity index (χ1) is 20.2. The number of likely N-dealkylation sites (N-methyl/N-ethyl adjacent to an activating group) is 1. The van der Waals surface area contributed by atoms with E-state index in [1.807, 2.05) is 24.9 Å². The number of hydrogen-bond acceptors (Lipinski definition) is 6. The molecule has 0 radical (unpaired) electrons. The Bertz CT molecular complexity index is 1640. The van der Waals surface area contributed by atoms with E-state index in [1.54, 1.807) is 43.0 Å². The molecule has 2 aromatic heterocycles. The van der Waals surface area contributed by atoms with Crippen LogP contribution in [0.5, 0.6) is 0 Å². The summed E-state index contributed by atoms with van der Waals surface area (Å²) in [6, 6.07) is 10.9. The highest BCUT2D eigenvalue weighted by Gasteiger charge is 2.34. The second-order valence-electron chi connectivity index (χ2n) is 10.3. The fourth-order valence-electron chi connectivity index (χ4n) is 4.66. The van der Waals surface area contributed by atoms with E-state index in [2.05, 4.69) is 37.0 Å². The Morgan fingerprint density at radius 1 is 0.905 bits per heavy atom. The van der Waals surface area contributed by atoms with Crippen LogP contribution in [-0.4, -0.2) is 63.9 Å². The van der Waals surface area contributed by atoms with E-state index in [4.69, 9.17) is 0 Å². The topological polar surface area (TPSA) is 74.2 Å². The lowest BCUT2D eigenvalue weighted by atomic mass is 10.0. The Balaban J connectivity index is 1.33. The maximum atomic E-state index is 14.0. The van der Waals surface area contributed by atoms with Crippen molar-refractivity contribution in [1.82, 2.24) is 24.8 Å². The van der Waals surface area contributed by atoms with Gasteiger partial charge in [-0.25, -0.2) is 9.97 Å². The summed E-state index contributed by atoms with van der Waals surface area (Å²) in [5.41, 5.74) is 3.58. The number of anilines is 1. The zero-order valence-electron chi connectivity index (χ0n) is 23.2. The summed E-state index contributed by atoms with van der Waals surface area (Å²) in [5.74, 6) is 5.64. The Labute approximate surface area is 242 Å². The maximum Gasteiger partial charge on any atom is 0.416 e. The SMILES string of the molecule is Cc1ccc(C(=O)Nc2ccc(CN3CCN(C)CC3)c(C(F)(F)F)c2)cc1C#Cc1cncc(-c2cncnc2)c1. The molecule has 42 heavy (non-hydrogen) atoms. The molecule has 1 fully saturated rings. The van der Waals surface area contributed by atoms with Crippen molar-refractivity contribution in [3.63, 3.8) is 0 Å². The van der Waals surface area contributed by atoms with Crippen LogP contribution in [0.1, 0.15) is 38.2 Å². The second-order valence-corrected chi connectivity index (χ2v) is 10.3. The Morgan fingerprint density at radius 3 is 2.38 bits per heavy atom. The van der Waals surface area contributed by atoms with Crippen molar-refractivity contribution in [2.75, 3.05) is 38.5 Å². The molecule has 0 spiro atoms. The van der Waals surface area contributed by atoms with Crippen molar-refractivity contribution < 1.29 is 18.0 Å². The smallest absolute Gasteiger partial charge is 0.322 e. The number of aryl methyl sites for hydroxylation is 1. The quantitative estimate of drug-likeness (QED) is 0.330. The molecule has 1 aliphatic heterocycles. The molecule has 0 unspecified atom stereocenters. The number of piperazine rings is 1. The fourth-order valence-corrected chi connectivity index (χ4v) is 4.66. The number of alkyl halides is 3. The summed E-state index contributed by atoms with van der Waals surface area (Å²) in [6.45, 7) is 5.10. The Kier molecular flexibility index (Phi) is 8.61. The van der Waals surface area contributed by atoms with Crippen molar-refractivity contribution in [1.29, 1.82) is 0 Å². The molecule has 0 atom stereocenters. The number of carbonyl (C=O) groups excluding carboxylic acids is 1. The monoisotopic (exact) mass is 570 g/mol. The van der Waals surface area contributed by atoms with Crippen molar-refractivity contribution in [3.05, 3.63) is 107 Å². The van der Waals surface area contributed by atoms with Crippen molar-refractivity contribution in [2.24, 2.45) is 0 Å². The van der Waals surface area contributed by atoms with E-state index in [-0.39, 0.29) is 23.4 Å². The lowest BCUT2D eigenvalue weighted by Crippen LogP contribution is -2.44. The van der Waals surface area contributed by atoms with Crippen LogP contribution in [0.3, 0.4) is 0 Å². The molecular weight excluding hydrogens is 541 g/mol. The minimum Gasteiger partial charge on any atom is -0.322 e. The third-order valence-electron chi connectivity index (χ3n) is 7.14. The lowest BCUT2D eigenvalue weighted by Gasteiger charge is -2.33. The summed E-state index contributed by atoms with van der Waals surface area (Å²) < 4.78 is 41.9. The van der Waals surface area contributed by atoms with E-state index in [1.165, 1.54) is 18.5 Å². The number of hydrogen-bond donors (Lipinski definition) is 1. The number of aromatic nitrogens is 3. The van der Waals surface area contributed by atoms with E-state index in [0.717, 1.165) is 35.8 Å². The first-order valence-corrected chi connectivity index (χ1v) is 13.4. The number of benzene rings is 2. The minimum atomic E-state index is -4.55. The molecule has 0 saturated carbocycles. The number of rotatable bonds is 5. The third-order valence-corrected chi connectivity index (χ3v) is 7.14. The number of pyridine rings is 1. The van der Waals surface area contributed by atoms with Crippen LogP contribution >= 0.6 is 0 Å². The summed E-state index contributed by atoms with van der Waals surface area (Å²) in [6.07, 6.45) is 3.61. The molecule has 0 bridgehead atoms. The Hall–Kier alpha value is -4.59. The fraction of sp³-hybridized carbons (Fsp3) is 0.250. The van der Waals surface area contributed by atoms with Crippen molar-refractivity contribution in [2.45, 2.75) is 19.6 Å². The van der Waals surface area contributed by atoms with E-state index < -0.39 is 17.6 Å². The van der Waals surface area contributed by atoms with E-state index in [9.17, 15) is 18.0 Å². The molecular formula is C32H29F3N6O. The average Bonchev–Trinajstić information content (AvgIpc) is 2.98. The normalized spacial score (nSPS) is 14.2. The highest BCUT2D eigenvalue weighted by Crippen LogP contribution is 2.34. The molecule has 214 valence electrons. The van der Waals surface area contributed by atoms with Crippen molar-refractivity contribution in [3.8, 4) is 23.0 Å². The number of amides is 1. The van der Waals surface area contributed by atoms with Gasteiger partial charge in [0.25, 0.3) is 5.91 Å². The van der Waals surface area contributed by atoms with Crippen LogP contribution in [0.2, 0.25) is 0 Å². The van der Waals surface area contributed by atoms with Gasteiger partial charge < -0.3 is 10.2 Å². The van der Waals surface area contributed by atoms with Gasteiger partial charge in [-0.1, -0.05) is 24.0 Å². The second kappa shape index (κ2) is 12.5. The predicted octanol–water partition coefficient (Wildman–Crippen LogP) is 5.27. The molecule has 2 aromatic carbocycles. The molecule has 4 aromatic rings. The number of nitrogens with one attached hydrogen (secondary N) is 1. The summed E-state index contributed by atoms with van der Waals surface area (Å²) in [7, 11) is 2.00. The van der Waals surface area contributed by atoms with Gasteiger partial charge in [0.2, 0.25) is 0 Å². The minimum absolute atomic E-state index is 0.0791. The molecule has 1 saturated heterocycles. The van der Waals surface area contributed by atoms with E-state index >= 15 is 0 Å². The van der Waals surface area contributed by atoms with Gasteiger partial charge in [0.15, 0.2) is 0 Å². The molecule has 1 aliphatic rings. The zero-order valence-corrected chi connectivity index (χ0v) is 23.2. The molecule has 7 nitrogen and oxygen atoms in total. The van der Waals surface area contributed by atoms with Gasteiger partial charge in [0.1, 0.15) is 6.33 Å². The van der Waals surface area contributed by atoms with Gasteiger partial charge in [0, 0.05) is 91.0 Å². The summed E-state index contributed by atoms with van der Waals surface area (Å²) >= 11 is 0. The lowest BCUT2D eigenvalue weighted by molar-refractivity contribution is -0.138. The molecule has 1 N–H and O–H groups in total. The third kappa shape index (κ3) is 7.18. The van der Waals surface area contributed by atoms with Crippen LogP contribution in [0.4, 0.5) is 18.9 Å². The number of halogens is 3. The summed E-state index contributed by atoms with van der Waals surface area (Å²) in [4.78, 5) is 29.5. The van der Waals surface area contributed by atoms with Gasteiger partial charge in [-0.15, -0.1) is 0 Å². The van der Waals surface area contributed by atoms with Gasteiger partial charge in [-0.3, -0.25) is 14.7 Å². The van der Waals surface area contributed by atoms with Crippen molar-refractivity contribution >= 4 is 11.6 Å². The molecule has 10 heteroatoms. The Morgan fingerprint density at radius 2 is 1.64 bits per heavy atom. The van der Waals surface area contributed by atoms with Crippen LogP contribution in [0, 0.1) is 18.8 Å². The van der Waals surface area contributed by atoms with Gasteiger partial charge >= 0.3 is 6.18 Å². The van der Waals surface area contributed by atoms with Crippen LogP contribution in [-0.2, 0) is 12.7 Å². The first-order valence-electron chi connectivity index (χ1n) is 13.4. The predicted molar refractivity (Wildman–Crippen MR) is 155 cm³/mol. The molecule has 0 aliphatic carbocycles. The van der Waals surface area contributed by atoms with Gasteiger partial charge in [0.05, 0.1) is 5.56 Å². The molecule has 3 heterocycles. The number of carbonyl (C=O) groups is 1.